The molecule has 0 bridgehead atoms. The molecule has 0 saturated carbocycles. The standard InChI is InChI=1S/C18H17FN4O/c1-11-10-15(13-4-6-14(19)7-5-13)12(2)17(20-11)18(24)21-16-8-9-23(3)22-16/h4-10H,1-3H3,(H,21,22,24). The Bertz CT molecular complexity index is 900. The number of anilines is 1. The Morgan fingerprint density at radius 2 is 1.88 bits per heavy atom. The van der Waals surface area contributed by atoms with Crippen LogP contribution in [0, 0.1) is 19.7 Å². The van der Waals surface area contributed by atoms with Crippen molar-refractivity contribution in [1.29, 1.82) is 0 Å². The molecule has 0 radical (unpaired) electrons. The van der Waals surface area contributed by atoms with Crippen LogP contribution in [0.2, 0.25) is 0 Å². The maximum Gasteiger partial charge on any atom is 0.275 e. The highest BCUT2D eigenvalue weighted by molar-refractivity contribution is 6.04. The number of hydrogen-bond donors (Lipinski definition) is 1. The minimum Gasteiger partial charge on any atom is -0.304 e. The van der Waals surface area contributed by atoms with Crippen LogP contribution in [0.15, 0.2) is 42.6 Å². The van der Waals surface area contributed by atoms with Crippen molar-refractivity contribution in [2.75, 3.05) is 5.32 Å². The number of nitrogens with zero attached hydrogens (tertiary/aromatic N) is 3. The van der Waals surface area contributed by atoms with Crippen molar-refractivity contribution in [3.63, 3.8) is 0 Å². The van der Waals surface area contributed by atoms with Crippen LogP contribution < -0.4 is 5.32 Å². The molecule has 5 nitrogen and oxygen atoms in total. The van der Waals surface area contributed by atoms with E-state index in [1.165, 1.54) is 12.1 Å². The van der Waals surface area contributed by atoms with Crippen molar-refractivity contribution in [2.24, 2.45) is 7.05 Å². The molecule has 3 rings (SSSR count). The average molecular weight is 324 g/mol. The lowest BCUT2D eigenvalue weighted by Crippen LogP contribution is -2.17. The van der Waals surface area contributed by atoms with Gasteiger partial charge in [0, 0.05) is 25.0 Å². The predicted molar refractivity (Wildman–Crippen MR) is 90.3 cm³/mol. The summed E-state index contributed by atoms with van der Waals surface area (Å²) in [5.74, 6) is -0.151. The van der Waals surface area contributed by atoms with Crippen LogP contribution >= 0.6 is 0 Å². The summed E-state index contributed by atoms with van der Waals surface area (Å²) in [5, 5.41) is 6.88. The molecule has 0 atom stereocenters. The van der Waals surface area contributed by atoms with Gasteiger partial charge in [-0.2, -0.15) is 5.10 Å². The van der Waals surface area contributed by atoms with Gasteiger partial charge < -0.3 is 5.32 Å². The Hall–Kier alpha value is -3.02. The van der Waals surface area contributed by atoms with Gasteiger partial charge in [-0.05, 0) is 48.7 Å². The maximum atomic E-state index is 13.1. The largest absolute Gasteiger partial charge is 0.304 e. The minimum atomic E-state index is -0.321. The zero-order chi connectivity index (χ0) is 17.3. The molecule has 1 aromatic carbocycles. The third kappa shape index (κ3) is 3.17. The van der Waals surface area contributed by atoms with Gasteiger partial charge in [-0.1, -0.05) is 12.1 Å². The number of rotatable bonds is 3. The number of aryl methyl sites for hydroxylation is 2. The molecule has 0 aliphatic carbocycles. The maximum absolute atomic E-state index is 13.1. The van der Waals surface area contributed by atoms with Crippen molar-refractivity contribution >= 4 is 11.7 Å². The Morgan fingerprint density at radius 3 is 2.50 bits per heavy atom. The molecule has 1 N–H and O–H groups in total. The number of aromatic nitrogens is 3. The molecule has 122 valence electrons. The lowest BCUT2D eigenvalue weighted by Gasteiger charge is -2.12. The molecular formula is C18H17FN4O. The lowest BCUT2D eigenvalue weighted by molar-refractivity contribution is 0.102. The number of nitrogens with one attached hydrogen (secondary N) is 1. The van der Waals surface area contributed by atoms with Gasteiger partial charge in [-0.25, -0.2) is 9.37 Å². The highest BCUT2D eigenvalue weighted by atomic mass is 19.1. The first kappa shape index (κ1) is 15.9. The number of benzene rings is 1. The fourth-order valence-corrected chi connectivity index (χ4v) is 2.54. The van der Waals surface area contributed by atoms with Crippen LogP contribution in [-0.4, -0.2) is 20.7 Å². The number of halogens is 1. The van der Waals surface area contributed by atoms with Gasteiger partial charge in [0.15, 0.2) is 5.82 Å². The van der Waals surface area contributed by atoms with E-state index in [-0.39, 0.29) is 11.7 Å². The number of pyridine rings is 1. The topological polar surface area (TPSA) is 59.8 Å². The summed E-state index contributed by atoms with van der Waals surface area (Å²) in [4.78, 5) is 16.9. The Kier molecular flexibility index (Phi) is 4.12. The molecule has 0 spiro atoms. The summed E-state index contributed by atoms with van der Waals surface area (Å²) in [7, 11) is 1.78. The highest BCUT2D eigenvalue weighted by Crippen LogP contribution is 2.26. The zero-order valence-electron chi connectivity index (χ0n) is 13.7. The molecule has 2 heterocycles. The van der Waals surface area contributed by atoms with E-state index in [2.05, 4.69) is 15.4 Å². The molecule has 0 aliphatic rings. The molecule has 24 heavy (non-hydrogen) atoms. The van der Waals surface area contributed by atoms with Gasteiger partial charge in [0.1, 0.15) is 11.5 Å². The van der Waals surface area contributed by atoms with Gasteiger partial charge in [0.25, 0.3) is 5.91 Å². The van der Waals surface area contributed by atoms with E-state index in [9.17, 15) is 9.18 Å². The first-order valence-electron chi connectivity index (χ1n) is 7.49. The van der Waals surface area contributed by atoms with Crippen molar-refractivity contribution < 1.29 is 9.18 Å². The second-order valence-electron chi connectivity index (χ2n) is 5.62. The van der Waals surface area contributed by atoms with Gasteiger partial charge in [0.2, 0.25) is 0 Å². The number of hydrogen-bond acceptors (Lipinski definition) is 3. The van der Waals surface area contributed by atoms with Crippen LogP contribution in [0.5, 0.6) is 0 Å². The number of amides is 1. The summed E-state index contributed by atoms with van der Waals surface area (Å²) in [6.45, 7) is 3.66. The Balaban J connectivity index is 1.99. The smallest absolute Gasteiger partial charge is 0.275 e. The Morgan fingerprint density at radius 1 is 1.17 bits per heavy atom. The predicted octanol–water partition coefficient (Wildman–Crippen LogP) is 3.49. The summed E-state index contributed by atoms with van der Waals surface area (Å²) in [6, 6.07) is 9.79. The normalized spacial score (nSPS) is 10.7. The van der Waals surface area contributed by atoms with E-state index in [0.717, 1.165) is 16.7 Å². The van der Waals surface area contributed by atoms with Crippen molar-refractivity contribution in [3.05, 3.63) is 65.4 Å². The molecule has 6 heteroatoms. The van der Waals surface area contributed by atoms with Gasteiger partial charge in [-0.3, -0.25) is 9.48 Å². The van der Waals surface area contributed by atoms with E-state index < -0.39 is 0 Å². The summed E-state index contributed by atoms with van der Waals surface area (Å²) in [6.07, 6.45) is 1.75. The third-order valence-corrected chi connectivity index (χ3v) is 3.73. The molecular weight excluding hydrogens is 307 g/mol. The first-order valence-corrected chi connectivity index (χ1v) is 7.49. The highest BCUT2D eigenvalue weighted by Gasteiger charge is 2.17. The quantitative estimate of drug-likeness (QED) is 0.802. The number of carbonyl (C=O) groups excluding carboxylic acids is 1. The van der Waals surface area contributed by atoms with Crippen LogP contribution in [0.1, 0.15) is 21.7 Å². The van der Waals surface area contributed by atoms with E-state index in [1.807, 2.05) is 19.9 Å². The molecule has 2 aromatic heterocycles. The summed E-state index contributed by atoms with van der Waals surface area (Å²) < 4.78 is 14.8. The number of carbonyl (C=O) groups is 1. The minimum absolute atomic E-state index is 0.296. The van der Waals surface area contributed by atoms with Gasteiger partial charge in [-0.15, -0.1) is 0 Å². The van der Waals surface area contributed by atoms with Gasteiger partial charge in [0.05, 0.1) is 0 Å². The molecule has 0 unspecified atom stereocenters. The van der Waals surface area contributed by atoms with Crippen LogP contribution in [-0.2, 0) is 7.05 Å². The monoisotopic (exact) mass is 324 g/mol. The molecule has 0 fully saturated rings. The zero-order valence-corrected chi connectivity index (χ0v) is 13.7. The van der Waals surface area contributed by atoms with Crippen LogP contribution in [0.3, 0.4) is 0 Å². The van der Waals surface area contributed by atoms with E-state index in [0.29, 0.717) is 17.2 Å². The summed E-state index contributed by atoms with van der Waals surface area (Å²) >= 11 is 0. The van der Waals surface area contributed by atoms with E-state index >= 15 is 0 Å². The van der Waals surface area contributed by atoms with Crippen molar-refractivity contribution in [1.82, 2.24) is 14.8 Å². The third-order valence-electron chi connectivity index (χ3n) is 3.73. The first-order chi connectivity index (χ1) is 11.4. The van der Waals surface area contributed by atoms with Crippen molar-refractivity contribution in [3.8, 4) is 11.1 Å². The SMILES string of the molecule is Cc1cc(-c2ccc(F)cc2)c(C)c(C(=O)Nc2ccn(C)n2)n1. The Labute approximate surface area is 139 Å². The second-order valence-corrected chi connectivity index (χ2v) is 5.62. The molecule has 0 aliphatic heterocycles. The van der Waals surface area contributed by atoms with Gasteiger partial charge >= 0.3 is 0 Å². The van der Waals surface area contributed by atoms with Crippen molar-refractivity contribution in [2.45, 2.75) is 13.8 Å². The summed E-state index contributed by atoms with van der Waals surface area (Å²) in [5.41, 5.74) is 3.48. The van der Waals surface area contributed by atoms with Crippen LogP contribution in [0.25, 0.3) is 11.1 Å². The molecule has 0 saturated heterocycles. The average Bonchev–Trinajstić information content (AvgIpc) is 2.95. The molecule has 1 amide bonds. The van der Waals surface area contributed by atoms with E-state index in [1.54, 1.807) is 36.1 Å². The second kappa shape index (κ2) is 6.23. The fraction of sp³-hybridized carbons (Fsp3) is 0.167. The van der Waals surface area contributed by atoms with Crippen LogP contribution in [0.4, 0.5) is 10.2 Å². The molecule has 3 aromatic rings. The van der Waals surface area contributed by atoms with E-state index in [4.69, 9.17) is 0 Å². The fourth-order valence-electron chi connectivity index (χ4n) is 2.54. The lowest BCUT2D eigenvalue weighted by atomic mass is 9.98.